The van der Waals surface area contributed by atoms with Crippen LogP contribution in [0.3, 0.4) is 0 Å². The number of benzene rings is 2. The molecule has 134 valence electrons. The lowest BCUT2D eigenvalue weighted by Crippen LogP contribution is -2.10. The van der Waals surface area contributed by atoms with Crippen molar-refractivity contribution < 1.29 is 9.53 Å². The van der Waals surface area contributed by atoms with Gasteiger partial charge in [0.15, 0.2) is 0 Å². The molecule has 1 aromatic heterocycles. The van der Waals surface area contributed by atoms with Gasteiger partial charge in [-0.15, -0.1) is 0 Å². The Balaban J connectivity index is 2.09. The lowest BCUT2D eigenvalue weighted by atomic mass is 10.0. The number of methoxy groups -OCH3 is 1. The van der Waals surface area contributed by atoms with Crippen LogP contribution >= 0.6 is 0 Å². The van der Waals surface area contributed by atoms with E-state index in [1.165, 1.54) is 7.11 Å². The van der Waals surface area contributed by atoms with E-state index < -0.39 is 0 Å². The van der Waals surface area contributed by atoms with Crippen LogP contribution in [0.5, 0.6) is 0 Å². The molecule has 0 aliphatic carbocycles. The first-order valence-electron chi connectivity index (χ1n) is 8.49. The number of ether oxygens (including phenoxy) is 1. The standard InChI is InChI=1S/C21H23N3O2/c1-14-18(13-20(25)26-4)21(17-7-5-6-8-19(17)22-14)23-15-9-11-16(12-10-15)24(2)3/h5-12H,13H2,1-4H3,(H,22,23). The first-order chi connectivity index (χ1) is 12.5. The second-order valence-electron chi connectivity index (χ2n) is 6.39. The van der Waals surface area contributed by atoms with E-state index >= 15 is 0 Å². The molecule has 0 unspecified atom stereocenters. The number of aromatic nitrogens is 1. The van der Waals surface area contributed by atoms with Crippen molar-refractivity contribution >= 4 is 33.9 Å². The van der Waals surface area contributed by atoms with Crippen molar-refractivity contribution in [2.45, 2.75) is 13.3 Å². The molecule has 0 fully saturated rings. The Bertz CT molecular complexity index is 934. The molecule has 0 aliphatic heterocycles. The van der Waals surface area contributed by atoms with E-state index in [0.717, 1.165) is 39.2 Å². The number of fused-ring (bicyclic) bond motifs is 1. The highest BCUT2D eigenvalue weighted by atomic mass is 16.5. The molecule has 0 atom stereocenters. The number of esters is 1. The maximum absolute atomic E-state index is 11.9. The van der Waals surface area contributed by atoms with E-state index in [2.05, 4.69) is 27.3 Å². The average molecular weight is 349 g/mol. The highest BCUT2D eigenvalue weighted by Gasteiger charge is 2.16. The number of rotatable bonds is 5. The van der Waals surface area contributed by atoms with Crippen molar-refractivity contribution in [2.24, 2.45) is 0 Å². The van der Waals surface area contributed by atoms with Crippen LogP contribution < -0.4 is 10.2 Å². The lowest BCUT2D eigenvalue weighted by Gasteiger charge is -2.18. The minimum absolute atomic E-state index is 0.179. The number of aryl methyl sites for hydroxylation is 1. The molecule has 0 radical (unpaired) electrons. The molecule has 3 rings (SSSR count). The topological polar surface area (TPSA) is 54.5 Å². The summed E-state index contributed by atoms with van der Waals surface area (Å²) in [6.07, 6.45) is 0.179. The predicted molar refractivity (Wildman–Crippen MR) is 106 cm³/mol. The van der Waals surface area contributed by atoms with Crippen molar-refractivity contribution in [3.8, 4) is 0 Å². The molecule has 2 aromatic carbocycles. The van der Waals surface area contributed by atoms with Crippen molar-refractivity contribution in [1.82, 2.24) is 4.98 Å². The van der Waals surface area contributed by atoms with Crippen LogP contribution in [0, 0.1) is 6.92 Å². The van der Waals surface area contributed by atoms with Gasteiger partial charge in [0, 0.05) is 42.1 Å². The Labute approximate surface area is 153 Å². The average Bonchev–Trinajstić information content (AvgIpc) is 2.64. The van der Waals surface area contributed by atoms with Gasteiger partial charge >= 0.3 is 5.97 Å². The Kier molecular flexibility index (Phi) is 5.07. The largest absolute Gasteiger partial charge is 0.469 e. The molecule has 3 aromatic rings. The smallest absolute Gasteiger partial charge is 0.310 e. The summed E-state index contributed by atoms with van der Waals surface area (Å²) in [6.45, 7) is 1.92. The van der Waals surface area contributed by atoms with Gasteiger partial charge in [0.05, 0.1) is 24.7 Å². The zero-order valence-corrected chi connectivity index (χ0v) is 15.5. The first-order valence-corrected chi connectivity index (χ1v) is 8.49. The molecule has 5 nitrogen and oxygen atoms in total. The SMILES string of the molecule is COC(=O)Cc1c(C)nc2ccccc2c1Nc1ccc(N(C)C)cc1. The fraction of sp³-hybridized carbons (Fsp3) is 0.238. The van der Waals surface area contributed by atoms with Crippen molar-refractivity contribution in [1.29, 1.82) is 0 Å². The van der Waals surface area contributed by atoms with E-state index in [0.29, 0.717) is 0 Å². The number of carbonyl (C=O) groups excluding carboxylic acids is 1. The lowest BCUT2D eigenvalue weighted by molar-refractivity contribution is -0.139. The summed E-state index contributed by atoms with van der Waals surface area (Å²) in [7, 11) is 5.42. The normalized spacial score (nSPS) is 10.6. The summed E-state index contributed by atoms with van der Waals surface area (Å²) in [5.74, 6) is -0.281. The second kappa shape index (κ2) is 7.44. The second-order valence-corrected chi connectivity index (χ2v) is 6.39. The number of nitrogens with zero attached hydrogens (tertiary/aromatic N) is 2. The van der Waals surface area contributed by atoms with Gasteiger partial charge in [-0.2, -0.15) is 0 Å². The molecule has 1 heterocycles. The molecule has 0 spiro atoms. The maximum Gasteiger partial charge on any atom is 0.310 e. The van der Waals surface area contributed by atoms with E-state index in [9.17, 15) is 4.79 Å². The molecule has 0 aliphatic rings. The fourth-order valence-electron chi connectivity index (χ4n) is 2.94. The summed E-state index contributed by atoms with van der Waals surface area (Å²) < 4.78 is 4.87. The third kappa shape index (κ3) is 3.61. The zero-order chi connectivity index (χ0) is 18.7. The van der Waals surface area contributed by atoms with Crippen LogP contribution in [-0.4, -0.2) is 32.2 Å². The van der Waals surface area contributed by atoms with Gasteiger partial charge in [0.1, 0.15) is 0 Å². The zero-order valence-electron chi connectivity index (χ0n) is 15.5. The van der Waals surface area contributed by atoms with Gasteiger partial charge < -0.3 is 15.0 Å². The van der Waals surface area contributed by atoms with E-state index in [4.69, 9.17) is 4.74 Å². The Hall–Kier alpha value is -3.08. The van der Waals surface area contributed by atoms with Gasteiger partial charge in [-0.05, 0) is 37.3 Å². The highest BCUT2D eigenvalue weighted by molar-refractivity contribution is 5.96. The number of para-hydroxylation sites is 1. The van der Waals surface area contributed by atoms with Crippen molar-refractivity contribution in [3.05, 3.63) is 59.8 Å². The third-order valence-electron chi connectivity index (χ3n) is 4.40. The molecule has 1 N–H and O–H groups in total. The summed E-state index contributed by atoms with van der Waals surface area (Å²) in [5.41, 5.74) is 5.55. The van der Waals surface area contributed by atoms with Gasteiger partial charge in [-0.25, -0.2) is 0 Å². The molecule has 0 bridgehead atoms. The molecule has 0 amide bonds. The van der Waals surface area contributed by atoms with Crippen LogP contribution in [0.4, 0.5) is 17.1 Å². The van der Waals surface area contributed by atoms with Crippen molar-refractivity contribution in [2.75, 3.05) is 31.4 Å². The monoisotopic (exact) mass is 349 g/mol. The van der Waals surface area contributed by atoms with Crippen LogP contribution in [0.1, 0.15) is 11.3 Å². The Morgan fingerprint density at radius 1 is 1.12 bits per heavy atom. The van der Waals surface area contributed by atoms with Crippen LogP contribution in [0.15, 0.2) is 48.5 Å². The van der Waals surface area contributed by atoms with Gasteiger partial charge in [-0.1, -0.05) is 18.2 Å². The number of nitrogens with one attached hydrogen (secondary N) is 1. The summed E-state index contributed by atoms with van der Waals surface area (Å²) in [4.78, 5) is 18.6. The molecular weight excluding hydrogens is 326 g/mol. The quantitative estimate of drug-likeness (QED) is 0.704. The van der Waals surface area contributed by atoms with E-state index in [-0.39, 0.29) is 12.4 Å². The van der Waals surface area contributed by atoms with Crippen LogP contribution in [0.25, 0.3) is 10.9 Å². The van der Waals surface area contributed by atoms with Crippen LogP contribution in [0.2, 0.25) is 0 Å². The van der Waals surface area contributed by atoms with Crippen molar-refractivity contribution in [3.63, 3.8) is 0 Å². The molecule has 0 saturated heterocycles. The number of hydrogen-bond donors (Lipinski definition) is 1. The van der Waals surface area contributed by atoms with Gasteiger partial charge in [0.25, 0.3) is 0 Å². The minimum atomic E-state index is -0.281. The summed E-state index contributed by atoms with van der Waals surface area (Å²) >= 11 is 0. The molecule has 26 heavy (non-hydrogen) atoms. The minimum Gasteiger partial charge on any atom is -0.469 e. The maximum atomic E-state index is 11.9. The number of carbonyl (C=O) groups is 1. The molecule has 5 heteroatoms. The summed E-state index contributed by atoms with van der Waals surface area (Å²) in [6, 6.07) is 16.1. The number of anilines is 3. The number of hydrogen-bond acceptors (Lipinski definition) is 5. The van der Waals surface area contributed by atoms with Crippen LogP contribution in [-0.2, 0) is 16.0 Å². The molecular formula is C21H23N3O2. The summed E-state index contributed by atoms with van der Waals surface area (Å²) in [5, 5.41) is 4.47. The number of pyridine rings is 1. The highest BCUT2D eigenvalue weighted by Crippen LogP contribution is 2.32. The van der Waals surface area contributed by atoms with E-state index in [1.807, 2.05) is 57.4 Å². The van der Waals surface area contributed by atoms with E-state index in [1.54, 1.807) is 0 Å². The third-order valence-corrected chi connectivity index (χ3v) is 4.40. The first kappa shape index (κ1) is 17.7. The van der Waals surface area contributed by atoms with Gasteiger partial charge in [-0.3, -0.25) is 9.78 Å². The predicted octanol–water partition coefficient (Wildman–Crippen LogP) is 4.07. The Morgan fingerprint density at radius 3 is 2.46 bits per heavy atom. The van der Waals surface area contributed by atoms with Gasteiger partial charge in [0.2, 0.25) is 0 Å². The molecule has 0 saturated carbocycles. The Morgan fingerprint density at radius 2 is 1.81 bits per heavy atom. The fourth-order valence-corrected chi connectivity index (χ4v) is 2.94.